The van der Waals surface area contributed by atoms with E-state index < -0.39 is 0 Å². The third kappa shape index (κ3) is 3.77. The maximum atomic E-state index is 6.52. The van der Waals surface area contributed by atoms with Crippen LogP contribution in [0.2, 0.25) is 10.0 Å². The van der Waals surface area contributed by atoms with Gasteiger partial charge < -0.3 is 4.42 Å². The van der Waals surface area contributed by atoms with Crippen molar-refractivity contribution in [1.29, 1.82) is 0 Å². The van der Waals surface area contributed by atoms with E-state index in [9.17, 15) is 0 Å². The number of halogens is 2. The number of aromatic nitrogens is 4. The SMILES string of the molecule is CCCc1c(C)cc(CCc2cc3oc(-c4nn[nH]n4)cc3cc2Cl)cc1Cl. The fourth-order valence-electron chi connectivity index (χ4n) is 3.50. The molecule has 2 aromatic carbocycles. The van der Waals surface area contributed by atoms with Crippen molar-refractivity contribution in [3.8, 4) is 11.6 Å². The number of nitrogens with one attached hydrogen (secondary N) is 1. The Morgan fingerprint density at radius 1 is 1.00 bits per heavy atom. The summed E-state index contributed by atoms with van der Waals surface area (Å²) in [5.41, 5.74) is 5.50. The second-order valence-corrected chi connectivity index (χ2v) is 7.76. The molecule has 2 aromatic heterocycles. The molecule has 5 nitrogen and oxygen atoms in total. The summed E-state index contributed by atoms with van der Waals surface area (Å²) >= 11 is 13.0. The summed E-state index contributed by atoms with van der Waals surface area (Å²) in [5, 5.41) is 16.4. The number of H-pyrrole nitrogens is 1. The van der Waals surface area contributed by atoms with Crippen molar-refractivity contribution in [1.82, 2.24) is 20.6 Å². The van der Waals surface area contributed by atoms with Crippen molar-refractivity contribution in [2.75, 3.05) is 0 Å². The first-order chi connectivity index (χ1) is 13.5. The first-order valence-corrected chi connectivity index (χ1v) is 10.0. The van der Waals surface area contributed by atoms with Crippen molar-refractivity contribution >= 4 is 34.2 Å². The van der Waals surface area contributed by atoms with Gasteiger partial charge in [0.25, 0.3) is 0 Å². The average Bonchev–Trinajstić information content (AvgIpc) is 3.32. The minimum absolute atomic E-state index is 0.422. The molecule has 0 spiro atoms. The summed E-state index contributed by atoms with van der Waals surface area (Å²) in [5.74, 6) is 0.983. The quantitative estimate of drug-likeness (QED) is 0.422. The summed E-state index contributed by atoms with van der Waals surface area (Å²) in [6, 6.07) is 10.1. The Kier molecular flexibility index (Phi) is 5.38. The smallest absolute Gasteiger partial charge is 0.239 e. The van der Waals surface area contributed by atoms with Crippen LogP contribution in [0.1, 0.15) is 35.6 Å². The number of tetrazole rings is 1. The van der Waals surface area contributed by atoms with E-state index in [1.165, 1.54) is 16.7 Å². The van der Waals surface area contributed by atoms with Gasteiger partial charge in [0.2, 0.25) is 5.82 Å². The molecule has 0 saturated heterocycles. The van der Waals surface area contributed by atoms with Gasteiger partial charge in [-0.3, -0.25) is 0 Å². The van der Waals surface area contributed by atoms with Gasteiger partial charge in [-0.15, -0.1) is 10.2 Å². The lowest BCUT2D eigenvalue weighted by Crippen LogP contribution is -1.97. The zero-order valence-corrected chi connectivity index (χ0v) is 17.2. The molecule has 0 atom stereocenters. The van der Waals surface area contributed by atoms with Crippen LogP contribution in [0.15, 0.2) is 34.7 Å². The van der Waals surface area contributed by atoms with Gasteiger partial charge in [0.05, 0.1) is 0 Å². The van der Waals surface area contributed by atoms with Gasteiger partial charge in [0, 0.05) is 15.4 Å². The lowest BCUT2D eigenvalue weighted by molar-refractivity contribution is 0.625. The van der Waals surface area contributed by atoms with Gasteiger partial charge in [-0.25, -0.2) is 0 Å². The average molecular weight is 415 g/mol. The Balaban J connectivity index is 1.57. The minimum Gasteiger partial charge on any atom is -0.453 e. The molecule has 0 unspecified atom stereocenters. The van der Waals surface area contributed by atoms with Crippen LogP contribution in [0.3, 0.4) is 0 Å². The zero-order chi connectivity index (χ0) is 19.7. The maximum absolute atomic E-state index is 6.52. The van der Waals surface area contributed by atoms with Crippen LogP contribution in [-0.2, 0) is 19.3 Å². The van der Waals surface area contributed by atoms with E-state index in [0.717, 1.165) is 52.3 Å². The highest BCUT2D eigenvalue weighted by Crippen LogP contribution is 2.31. The first kappa shape index (κ1) is 19.0. The molecule has 4 rings (SSSR count). The van der Waals surface area contributed by atoms with Gasteiger partial charge in [-0.2, -0.15) is 5.21 Å². The molecule has 0 aliphatic rings. The lowest BCUT2D eigenvalue weighted by atomic mass is 9.97. The third-order valence-electron chi connectivity index (χ3n) is 4.91. The normalized spacial score (nSPS) is 11.4. The van der Waals surface area contributed by atoms with Crippen LogP contribution in [0, 0.1) is 6.92 Å². The van der Waals surface area contributed by atoms with Crippen LogP contribution in [0.25, 0.3) is 22.6 Å². The van der Waals surface area contributed by atoms with Gasteiger partial charge >= 0.3 is 0 Å². The van der Waals surface area contributed by atoms with Gasteiger partial charge in [-0.05, 0) is 77.9 Å². The number of hydrogen-bond donors (Lipinski definition) is 1. The Bertz CT molecular complexity index is 1100. The Hall–Kier alpha value is -2.37. The summed E-state index contributed by atoms with van der Waals surface area (Å²) in [4.78, 5) is 0. The molecule has 28 heavy (non-hydrogen) atoms. The molecule has 7 heteroatoms. The number of benzene rings is 2. The predicted octanol–water partition coefficient (Wildman–Crippen LogP) is 5.97. The minimum atomic E-state index is 0.422. The van der Waals surface area contributed by atoms with Crippen LogP contribution >= 0.6 is 23.2 Å². The molecule has 0 saturated carbocycles. The van der Waals surface area contributed by atoms with Crippen LogP contribution in [0.4, 0.5) is 0 Å². The van der Waals surface area contributed by atoms with E-state index in [-0.39, 0.29) is 0 Å². The Morgan fingerprint density at radius 2 is 1.86 bits per heavy atom. The molecule has 144 valence electrons. The number of aryl methyl sites for hydroxylation is 3. The number of fused-ring (bicyclic) bond motifs is 1. The summed E-state index contributed by atoms with van der Waals surface area (Å²) in [7, 11) is 0. The number of rotatable bonds is 6. The monoisotopic (exact) mass is 414 g/mol. The highest BCUT2D eigenvalue weighted by Gasteiger charge is 2.13. The highest BCUT2D eigenvalue weighted by molar-refractivity contribution is 6.32. The van der Waals surface area contributed by atoms with Crippen LogP contribution in [0.5, 0.6) is 0 Å². The highest BCUT2D eigenvalue weighted by atomic mass is 35.5. The van der Waals surface area contributed by atoms with Crippen molar-refractivity contribution in [2.45, 2.75) is 39.5 Å². The van der Waals surface area contributed by atoms with E-state index in [2.05, 4.69) is 46.6 Å². The molecule has 0 fully saturated rings. The van der Waals surface area contributed by atoms with Crippen LogP contribution < -0.4 is 0 Å². The molecular formula is C21H20Cl2N4O. The molecule has 0 aliphatic carbocycles. The third-order valence-corrected chi connectivity index (χ3v) is 5.60. The zero-order valence-electron chi connectivity index (χ0n) is 15.7. The largest absolute Gasteiger partial charge is 0.453 e. The van der Waals surface area contributed by atoms with Gasteiger partial charge in [-0.1, -0.05) is 42.6 Å². The lowest BCUT2D eigenvalue weighted by Gasteiger charge is -2.11. The van der Waals surface area contributed by atoms with Gasteiger partial charge in [0.15, 0.2) is 5.76 Å². The summed E-state index contributed by atoms with van der Waals surface area (Å²) in [6.45, 7) is 4.29. The molecule has 1 N–H and O–H groups in total. The number of nitrogens with zero attached hydrogens (tertiary/aromatic N) is 3. The molecule has 0 bridgehead atoms. The Labute approximate surface area is 173 Å². The second-order valence-electron chi connectivity index (χ2n) is 6.95. The molecule has 0 radical (unpaired) electrons. The molecule has 0 amide bonds. The van der Waals surface area contributed by atoms with Crippen molar-refractivity contribution < 1.29 is 4.42 Å². The first-order valence-electron chi connectivity index (χ1n) is 9.29. The number of aromatic amines is 1. The fraction of sp³-hybridized carbons (Fsp3) is 0.286. The summed E-state index contributed by atoms with van der Waals surface area (Å²) < 4.78 is 5.88. The number of furan rings is 1. The van der Waals surface area contributed by atoms with E-state index >= 15 is 0 Å². The van der Waals surface area contributed by atoms with Crippen molar-refractivity contribution in [2.24, 2.45) is 0 Å². The molecule has 4 aromatic rings. The standard InChI is InChI=1S/C21H20Cl2N4O/c1-3-4-16-12(2)7-13(8-18(16)23)5-6-14-10-19-15(9-17(14)22)11-20(28-19)21-24-26-27-25-21/h7-11H,3-6H2,1-2H3,(H,24,25,26,27). The molecular weight excluding hydrogens is 395 g/mol. The fourth-order valence-corrected chi connectivity index (χ4v) is 4.15. The van der Waals surface area contributed by atoms with E-state index in [1.54, 1.807) is 0 Å². The maximum Gasteiger partial charge on any atom is 0.239 e. The summed E-state index contributed by atoms with van der Waals surface area (Å²) in [6.07, 6.45) is 3.76. The molecule has 0 aliphatic heterocycles. The topological polar surface area (TPSA) is 67.6 Å². The molecule has 2 heterocycles. The van der Waals surface area contributed by atoms with Crippen molar-refractivity contribution in [3.63, 3.8) is 0 Å². The predicted molar refractivity (Wildman–Crippen MR) is 112 cm³/mol. The number of hydrogen-bond acceptors (Lipinski definition) is 4. The van der Waals surface area contributed by atoms with E-state index in [0.29, 0.717) is 11.6 Å². The Morgan fingerprint density at radius 3 is 2.57 bits per heavy atom. The van der Waals surface area contributed by atoms with E-state index in [1.807, 2.05) is 18.2 Å². The van der Waals surface area contributed by atoms with E-state index in [4.69, 9.17) is 27.6 Å². The van der Waals surface area contributed by atoms with Crippen molar-refractivity contribution in [3.05, 3.63) is 62.6 Å². The second kappa shape index (κ2) is 7.94. The van der Waals surface area contributed by atoms with Gasteiger partial charge in [0.1, 0.15) is 5.58 Å². The van der Waals surface area contributed by atoms with Crippen LogP contribution in [-0.4, -0.2) is 20.6 Å².